The maximum atomic E-state index is 13.9. The molecule has 0 radical (unpaired) electrons. The van der Waals surface area contributed by atoms with Crippen molar-refractivity contribution in [1.29, 1.82) is 0 Å². The summed E-state index contributed by atoms with van der Waals surface area (Å²) < 4.78 is 19.0. The van der Waals surface area contributed by atoms with Crippen LogP contribution in [0.25, 0.3) is 0 Å². The highest BCUT2D eigenvalue weighted by molar-refractivity contribution is 5.99. The van der Waals surface area contributed by atoms with Gasteiger partial charge in [-0.05, 0) is 45.4 Å². The average molecular weight is 324 g/mol. The summed E-state index contributed by atoms with van der Waals surface area (Å²) in [6.45, 7) is 5.55. The highest BCUT2D eigenvalue weighted by Crippen LogP contribution is 2.26. The maximum Gasteiger partial charge on any atom is 0.422 e. The molecule has 0 aliphatic carbocycles. The van der Waals surface area contributed by atoms with Crippen LogP contribution in [0.4, 0.5) is 20.6 Å². The molecular weight excluding hydrogens is 303 g/mol. The number of halogens is 1. The molecule has 8 heteroatoms. The molecule has 2 amide bonds. The molecule has 0 spiro atoms. The van der Waals surface area contributed by atoms with Gasteiger partial charge in [-0.3, -0.25) is 10.2 Å². The van der Waals surface area contributed by atoms with Crippen molar-refractivity contribution < 1.29 is 18.7 Å². The summed E-state index contributed by atoms with van der Waals surface area (Å²) in [4.78, 5) is 25.2. The number of nitrogens with one attached hydrogen (secondary N) is 2. The van der Waals surface area contributed by atoms with E-state index in [1.165, 1.54) is 23.1 Å². The van der Waals surface area contributed by atoms with Gasteiger partial charge in [0.2, 0.25) is 5.91 Å². The predicted molar refractivity (Wildman–Crippen MR) is 84.1 cm³/mol. The van der Waals surface area contributed by atoms with Gasteiger partial charge in [0, 0.05) is 12.2 Å². The van der Waals surface area contributed by atoms with Crippen LogP contribution in [0.3, 0.4) is 0 Å². The van der Waals surface area contributed by atoms with Gasteiger partial charge in [0.25, 0.3) is 0 Å². The highest BCUT2D eigenvalue weighted by Gasteiger charge is 2.34. The Morgan fingerprint density at radius 2 is 2.13 bits per heavy atom. The van der Waals surface area contributed by atoms with Crippen LogP contribution in [-0.2, 0) is 9.53 Å². The van der Waals surface area contributed by atoms with Crippen LogP contribution in [0.15, 0.2) is 18.2 Å². The predicted octanol–water partition coefficient (Wildman–Crippen LogP) is 1.54. The number of hydrazine groups is 1. The van der Waals surface area contributed by atoms with Crippen molar-refractivity contribution in [3.05, 3.63) is 24.0 Å². The summed E-state index contributed by atoms with van der Waals surface area (Å²) >= 11 is 0. The van der Waals surface area contributed by atoms with Crippen LogP contribution in [0.2, 0.25) is 0 Å². The summed E-state index contributed by atoms with van der Waals surface area (Å²) in [5, 5.41) is 0. The van der Waals surface area contributed by atoms with Crippen molar-refractivity contribution in [2.24, 2.45) is 0 Å². The molecule has 1 aromatic carbocycles. The number of carbonyl (C=O) groups is 2. The molecule has 0 unspecified atom stereocenters. The molecular formula is C15H21FN4O3. The zero-order valence-corrected chi connectivity index (χ0v) is 13.4. The number of anilines is 2. The molecule has 1 saturated heterocycles. The Labute approximate surface area is 133 Å². The largest absolute Gasteiger partial charge is 0.443 e. The third-order valence-corrected chi connectivity index (χ3v) is 3.22. The Morgan fingerprint density at radius 1 is 1.43 bits per heavy atom. The Hall–Kier alpha value is -2.35. The normalized spacial score (nSPS) is 18.2. The van der Waals surface area contributed by atoms with E-state index in [0.717, 1.165) is 0 Å². The smallest absolute Gasteiger partial charge is 0.422 e. The van der Waals surface area contributed by atoms with E-state index >= 15 is 0 Å². The van der Waals surface area contributed by atoms with Crippen molar-refractivity contribution in [2.45, 2.75) is 38.8 Å². The minimum absolute atomic E-state index is 0.172. The van der Waals surface area contributed by atoms with Gasteiger partial charge < -0.3 is 15.4 Å². The number of amides is 2. The number of nitrogens with two attached hydrogens (primary N) is 1. The van der Waals surface area contributed by atoms with Crippen LogP contribution in [0.5, 0.6) is 0 Å². The zero-order valence-electron chi connectivity index (χ0n) is 13.4. The lowest BCUT2D eigenvalue weighted by molar-refractivity contribution is -0.119. The Kier molecular flexibility index (Phi) is 4.74. The van der Waals surface area contributed by atoms with E-state index in [1.54, 1.807) is 20.8 Å². The number of hydrogen-bond acceptors (Lipinski definition) is 5. The van der Waals surface area contributed by atoms with Gasteiger partial charge in [0.15, 0.2) is 0 Å². The van der Waals surface area contributed by atoms with Gasteiger partial charge in [-0.2, -0.15) is 0 Å². The third-order valence-electron chi connectivity index (χ3n) is 3.22. The molecule has 1 atom stereocenters. The van der Waals surface area contributed by atoms with E-state index in [-0.39, 0.29) is 11.6 Å². The molecule has 1 fully saturated rings. The fourth-order valence-electron chi connectivity index (χ4n) is 2.24. The molecule has 1 aliphatic rings. The average Bonchev–Trinajstić information content (AvgIpc) is 2.76. The molecule has 1 heterocycles. The summed E-state index contributed by atoms with van der Waals surface area (Å²) in [5.74, 6) is -0.885. The minimum Gasteiger partial charge on any atom is -0.443 e. The van der Waals surface area contributed by atoms with E-state index in [9.17, 15) is 14.0 Å². The molecule has 0 saturated carbocycles. The van der Waals surface area contributed by atoms with E-state index in [1.807, 2.05) is 0 Å². The van der Waals surface area contributed by atoms with Crippen molar-refractivity contribution in [2.75, 3.05) is 17.2 Å². The number of carbonyl (C=O) groups excluding carboxylic acids is 2. The Balaban J connectivity index is 1.95. The highest BCUT2D eigenvalue weighted by atomic mass is 19.1. The van der Waals surface area contributed by atoms with Gasteiger partial charge in [0.05, 0.1) is 5.69 Å². The van der Waals surface area contributed by atoms with Crippen molar-refractivity contribution in [3.63, 3.8) is 0 Å². The van der Waals surface area contributed by atoms with E-state index < -0.39 is 23.6 Å². The molecule has 1 aromatic rings. The van der Waals surface area contributed by atoms with Gasteiger partial charge in [-0.1, -0.05) is 0 Å². The van der Waals surface area contributed by atoms with E-state index in [4.69, 9.17) is 10.5 Å². The molecule has 1 aliphatic heterocycles. The van der Waals surface area contributed by atoms with Gasteiger partial charge in [0.1, 0.15) is 17.5 Å². The second-order valence-electron chi connectivity index (χ2n) is 6.31. The molecule has 0 bridgehead atoms. The first-order chi connectivity index (χ1) is 10.7. The molecule has 7 nitrogen and oxygen atoms in total. The van der Waals surface area contributed by atoms with E-state index in [2.05, 4.69) is 10.9 Å². The van der Waals surface area contributed by atoms with Crippen LogP contribution in [0.1, 0.15) is 27.2 Å². The maximum absolute atomic E-state index is 13.9. The molecule has 23 heavy (non-hydrogen) atoms. The summed E-state index contributed by atoms with van der Waals surface area (Å²) in [6.07, 6.45) is -0.249. The van der Waals surface area contributed by atoms with Crippen molar-refractivity contribution in [3.8, 4) is 0 Å². The lowest BCUT2D eigenvalue weighted by Gasteiger charge is -2.21. The molecule has 2 rings (SSSR count). The van der Waals surface area contributed by atoms with Crippen LogP contribution in [0, 0.1) is 5.82 Å². The SMILES string of the molecule is CC(C)(C)OC(=O)NN[C@H]1CCN(c2ccc(N)cc2F)C1=O. The summed E-state index contributed by atoms with van der Waals surface area (Å²) in [7, 11) is 0. The first-order valence-electron chi connectivity index (χ1n) is 7.28. The number of nitrogens with zero attached hydrogens (tertiary/aromatic N) is 1. The topological polar surface area (TPSA) is 96.7 Å². The van der Waals surface area contributed by atoms with Crippen LogP contribution < -0.4 is 21.5 Å². The van der Waals surface area contributed by atoms with Gasteiger partial charge >= 0.3 is 6.09 Å². The number of hydrogen-bond donors (Lipinski definition) is 3. The molecule has 0 aromatic heterocycles. The number of rotatable bonds is 3. The van der Waals surface area contributed by atoms with Crippen LogP contribution in [-0.4, -0.2) is 30.2 Å². The molecule has 126 valence electrons. The molecule has 4 N–H and O–H groups in total. The number of nitrogen functional groups attached to an aromatic ring is 1. The minimum atomic E-state index is -0.678. The van der Waals surface area contributed by atoms with Crippen molar-refractivity contribution >= 4 is 23.4 Å². The lowest BCUT2D eigenvalue weighted by atomic mass is 10.2. The second kappa shape index (κ2) is 6.41. The summed E-state index contributed by atoms with van der Waals surface area (Å²) in [5.41, 5.74) is 10.3. The Bertz CT molecular complexity index is 615. The first-order valence-corrected chi connectivity index (χ1v) is 7.28. The third kappa shape index (κ3) is 4.32. The monoisotopic (exact) mass is 324 g/mol. The fourth-order valence-corrected chi connectivity index (χ4v) is 2.24. The van der Waals surface area contributed by atoms with Crippen LogP contribution >= 0.6 is 0 Å². The number of ether oxygens (including phenoxy) is 1. The first kappa shape index (κ1) is 17.0. The van der Waals surface area contributed by atoms with Gasteiger partial charge in [-0.25, -0.2) is 14.6 Å². The number of benzene rings is 1. The standard InChI is InChI=1S/C15H21FN4O3/c1-15(2,3)23-14(22)19-18-11-6-7-20(13(11)21)12-5-4-9(17)8-10(12)16/h4-5,8,11,18H,6-7,17H2,1-3H3,(H,19,22)/t11-/m0/s1. The quantitative estimate of drug-likeness (QED) is 0.579. The fraction of sp³-hybridized carbons (Fsp3) is 0.467. The second-order valence-corrected chi connectivity index (χ2v) is 6.31. The van der Waals surface area contributed by atoms with Gasteiger partial charge in [-0.15, -0.1) is 0 Å². The lowest BCUT2D eigenvalue weighted by Crippen LogP contribution is -2.49. The zero-order chi connectivity index (χ0) is 17.2. The Morgan fingerprint density at radius 3 is 2.74 bits per heavy atom. The van der Waals surface area contributed by atoms with E-state index in [0.29, 0.717) is 18.7 Å². The summed E-state index contributed by atoms with van der Waals surface area (Å²) in [6, 6.07) is 3.53. The van der Waals surface area contributed by atoms with Crippen molar-refractivity contribution in [1.82, 2.24) is 10.9 Å².